The number of halogens is 4. The van der Waals surface area contributed by atoms with Crippen molar-refractivity contribution in [2.24, 2.45) is 0 Å². The number of hydrogen-bond donors (Lipinski definition) is 1. The third-order valence-corrected chi connectivity index (χ3v) is 5.86. The number of nitrogens with one attached hydrogen (secondary N) is 1. The van der Waals surface area contributed by atoms with E-state index in [2.05, 4.69) is 31.1 Å². The highest BCUT2D eigenvalue weighted by Gasteiger charge is 2.26. The van der Waals surface area contributed by atoms with E-state index in [0.717, 1.165) is 0 Å². The second-order valence-corrected chi connectivity index (χ2v) is 8.97. The number of rotatable bonds is 8. The van der Waals surface area contributed by atoms with Crippen LogP contribution in [-0.4, -0.2) is 39.0 Å². The zero-order valence-corrected chi connectivity index (χ0v) is 20.5. The Balaban J connectivity index is 0.000000509. The Bertz CT molecular complexity index is 1150. The van der Waals surface area contributed by atoms with E-state index in [-0.39, 0.29) is 30.7 Å². The van der Waals surface area contributed by atoms with Gasteiger partial charge in [0.15, 0.2) is 0 Å². The number of alkyl halides is 3. The van der Waals surface area contributed by atoms with E-state index in [1.807, 2.05) is 7.05 Å². The molecule has 0 unspecified atom stereocenters. The van der Waals surface area contributed by atoms with E-state index < -0.39 is 18.2 Å². The number of aromatic nitrogens is 3. The Morgan fingerprint density at radius 1 is 1.15 bits per heavy atom. The SMILES string of the molecule is CCC(C)(C)NC.O=CCc1cn(CCCC(F)(F)F)c2nc(-c3ccc(Cl)cc3)cn2c1=O. The first kappa shape index (κ1) is 27.6. The van der Waals surface area contributed by atoms with Crippen LogP contribution in [0.4, 0.5) is 13.2 Å². The second kappa shape index (κ2) is 11.7. The molecule has 0 saturated heterocycles. The molecular weight excluding hydrogens is 469 g/mol. The molecule has 1 N–H and O–H groups in total. The van der Waals surface area contributed by atoms with E-state index in [1.54, 1.807) is 24.3 Å². The van der Waals surface area contributed by atoms with Gasteiger partial charge in [0.1, 0.15) is 6.29 Å². The van der Waals surface area contributed by atoms with Gasteiger partial charge in [-0.3, -0.25) is 9.20 Å². The van der Waals surface area contributed by atoms with E-state index in [0.29, 0.717) is 28.1 Å². The van der Waals surface area contributed by atoms with Crippen LogP contribution < -0.4 is 10.9 Å². The fraction of sp³-hybridized carbons (Fsp3) is 0.458. The zero-order chi connectivity index (χ0) is 25.5. The summed E-state index contributed by atoms with van der Waals surface area (Å²) in [5, 5.41) is 3.73. The lowest BCUT2D eigenvalue weighted by Crippen LogP contribution is -2.34. The standard InChI is InChI=1S/C18H15ClF3N3O2.C6H15N/c19-14-4-2-12(3-5-14)15-11-25-16(27)13(6-9-26)10-24(17(25)23-15)8-1-7-18(20,21)22;1-5-6(2,3)7-4/h2-5,9-11H,1,6-8H2;7H,5H2,1-4H3. The predicted octanol–water partition coefficient (Wildman–Crippen LogP) is 5.29. The number of benzene rings is 1. The monoisotopic (exact) mass is 498 g/mol. The molecule has 0 fully saturated rings. The molecule has 0 amide bonds. The Morgan fingerprint density at radius 2 is 1.79 bits per heavy atom. The van der Waals surface area contributed by atoms with E-state index in [9.17, 15) is 22.8 Å². The molecule has 0 aliphatic rings. The summed E-state index contributed by atoms with van der Waals surface area (Å²) in [5.74, 6) is 0.224. The van der Waals surface area contributed by atoms with Crippen LogP contribution in [0.2, 0.25) is 5.02 Å². The third kappa shape index (κ3) is 7.70. The molecule has 6 nitrogen and oxygen atoms in total. The molecule has 10 heteroatoms. The van der Waals surface area contributed by atoms with Crippen LogP contribution >= 0.6 is 11.6 Å². The molecule has 3 rings (SSSR count). The number of hydrogen-bond acceptors (Lipinski definition) is 4. The average molecular weight is 499 g/mol. The maximum Gasteiger partial charge on any atom is 0.389 e. The maximum absolute atomic E-state index is 12.6. The molecule has 2 heterocycles. The first-order valence-electron chi connectivity index (χ1n) is 11.0. The summed E-state index contributed by atoms with van der Waals surface area (Å²) < 4.78 is 40.1. The molecule has 34 heavy (non-hydrogen) atoms. The van der Waals surface area contributed by atoms with Crippen molar-refractivity contribution in [1.29, 1.82) is 0 Å². The highest BCUT2D eigenvalue weighted by Crippen LogP contribution is 2.23. The maximum atomic E-state index is 12.6. The van der Waals surface area contributed by atoms with Gasteiger partial charge in [0.2, 0.25) is 5.78 Å². The van der Waals surface area contributed by atoms with Crippen molar-refractivity contribution in [2.45, 2.75) is 64.7 Å². The molecule has 186 valence electrons. The topological polar surface area (TPSA) is 68.4 Å². The molecule has 0 saturated carbocycles. The summed E-state index contributed by atoms with van der Waals surface area (Å²) in [5.41, 5.74) is 1.30. The molecular formula is C24H30ClF3N4O2. The van der Waals surface area contributed by atoms with Gasteiger partial charge in [0.05, 0.1) is 5.69 Å². The molecule has 1 aromatic carbocycles. The first-order chi connectivity index (χ1) is 15.9. The van der Waals surface area contributed by atoms with Gasteiger partial charge in [-0.05, 0) is 45.9 Å². The fourth-order valence-electron chi connectivity index (χ4n) is 2.96. The molecule has 0 aliphatic heterocycles. The van der Waals surface area contributed by atoms with Crippen molar-refractivity contribution in [3.05, 3.63) is 57.6 Å². The third-order valence-electron chi connectivity index (χ3n) is 5.61. The summed E-state index contributed by atoms with van der Waals surface area (Å²) in [7, 11) is 1.99. The summed E-state index contributed by atoms with van der Waals surface area (Å²) in [4.78, 5) is 27.8. The van der Waals surface area contributed by atoms with Crippen molar-refractivity contribution in [3.8, 4) is 11.3 Å². The number of carbonyl (C=O) groups excluding carboxylic acids is 1. The van der Waals surface area contributed by atoms with Gasteiger partial charge in [-0.2, -0.15) is 13.2 Å². The number of carbonyl (C=O) groups is 1. The minimum Gasteiger partial charge on any atom is -0.318 e. The summed E-state index contributed by atoms with van der Waals surface area (Å²) in [6, 6.07) is 6.81. The van der Waals surface area contributed by atoms with Crippen molar-refractivity contribution >= 4 is 23.7 Å². The van der Waals surface area contributed by atoms with Crippen LogP contribution in [0.1, 0.15) is 45.6 Å². The van der Waals surface area contributed by atoms with Crippen molar-refractivity contribution < 1.29 is 18.0 Å². The Labute approximate surface area is 201 Å². The largest absolute Gasteiger partial charge is 0.389 e. The van der Waals surface area contributed by atoms with Crippen molar-refractivity contribution in [1.82, 2.24) is 19.3 Å². The van der Waals surface area contributed by atoms with E-state index in [1.165, 1.54) is 27.8 Å². The highest BCUT2D eigenvalue weighted by atomic mass is 35.5. The van der Waals surface area contributed by atoms with Gasteiger partial charge in [-0.15, -0.1) is 0 Å². The Morgan fingerprint density at radius 3 is 2.29 bits per heavy atom. The average Bonchev–Trinajstić information content (AvgIpc) is 3.23. The molecule has 0 radical (unpaired) electrons. The van der Waals surface area contributed by atoms with Crippen LogP contribution in [-0.2, 0) is 17.8 Å². The number of fused-ring (bicyclic) bond motifs is 1. The van der Waals surface area contributed by atoms with Gasteiger partial charge in [0, 0.05) is 53.5 Å². The van der Waals surface area contributed by atoms with Gasteiger partial charge < -0.3 is 14.7 Å². The normalized spacial score (nSPS) is 11.9. The number of imidazole rings is 1. The Kier molecular flexibility index (Phi) is 9.46. The molecule has 0 atom stereocenters. The van der Waals surface area contributed by atoms with Crippen LogP contribution in [0.3, 0.4) is 0 Å². The van der Waals surface area contributed by atoms with Gasteiger partial charge in [-0.25, -0.2) is 4.98 Å². The Hall–Kier alpha value is -2.65. The second-order valence-electron chi connectivity index (χ2n) is 8.53. The zero-order valence-electron chi connectivity index (χ0n) is 19.7. The van der Waals surface area contributed by atoms with Crippen molar-refractivity contribution in [2.75, 3.05) is 7.05 Å². The molecule has 2 aromatic heterocycles. The van der Waals surface area contributed by atoms with Gasteiger partial charge in [-0.1, -0.05) is 30.7 Å². The lowest BCUT2D eigenvalue weighted by molar-refractivity contribution is -0.135. The fourth-order valence-corrected chi connectivity index (χ4v) is 3.09. The van der Waals surface area contributed by atoms with Crippen LogP contribution in [0.25, 0.3) is 17.0 Å². The highest BCUT2D eigenvalue weighted by molar-refractivity contribution is 6.30. The van der Waals surface area contributed by atoms with Crippen LogP contribution in [0, 0.1) is 0 Å². The number of nitrogens with zero attached hydrogens (tertiary/aromatic N) is 3. The summed E-state index contributed by atoms with van der Waals surface area (Å²) in [6.07, 6.45) is -0.808. The predicted molar refractivity (Wildman–Crippen MR) is 128 cm³/mol. The lowest BCUT2D eigenvalue weighted by Gasteiger charge is -2.20. The van der Waals surface area contributed by atoms with Gasteiger partial charge in [0.25, 0.3) is 5.56 Å². The summed E-state index contributed by atoms with van der Waals surface area (Å²) in [6.45, 7) is 6.57. The van der Waals surface area contributed by atoms with Crippen LogP contribution in [0.15, 0.2) is 41.5 Å². The summed E-state index contributed by atoms with van der Waals surface area (Å²) >= 11 is 5.87. The van der Waals surface area contributed by atoms with Gasteiger partial charge >= 0.3 is 6.18 Å². The smallest absolute Gasteiger partial charge is 0.318 e. The molecule has 0 aliphatic carbocycles. The quantitative estimate of drug-likeness (QED) is 0.428. The molecule has 3 aromatic rings. The number of aryl methyl sites for hydroxylation is 1. The van der Waals surface area contributed by atoms with E-state index >= 15 is 0 Å². The minimum atomic E-state index is -4.26. The van der Waals surface area contributed by atoms with E-state index in [4.69, 9.17) is 11.6 Å². The molecule has 0 spiro atoms. The lowest BCUT2D eigenvalue weighted by atomic mass is 10.0. The number of aldehydes is 1. The van der Waals surface area contributed by atoms with Crippen LogP contribution in [0.5, 0.6) is 0 Å². The molecule has 0 bridgehead atoms. The minimum absolute atomic E-state index is 0.0201. The first-order valence-corrected chi connectivity index (χ1v) is 11.3. The van der Waals surface area contributed by atoms with Crippen molar-refractivity contribution in [3.63, 3.8) is 0 Å².